The third kappa shape index (κ3) is 5.39. The summed E-state index contributed by atoms with van der Waals surface area (Å²) in [7, 11) is -4.01. The van der Waals surface area contributed by atoms with Crippen LogP contribution in [0.15, 0.2) is 82.6 Å². The molecule has 0 radical (unpaired) electrons. The number of aromatic nitrogens is 2. The van der Waals surface area contributed by atoms with E-state index in [1.807, 2.05) is 4.72 Å². The van der Waals surface area contributed by atoms with Crippen molar-refractivity contribution in [3.63, 3.8) is 0 Å². The largest absolute Gasteiger partial charge is 0.322 e. The van der Waals surface area contributed by atoms with Crippen molar-refractivity contribution in [2.24, 2.45) is 0 Å². The number of benzene rings is 2. The third-order valence-corrected chi connectivity index (χ3v) is 6.75. The molecule has 0 unspecified atom stereocenters. The van der Waals surface area contributed by atoms with Crippen LogP contribution < -0.4 is 15.6 Å². The Morgan fingerprint density at radius 3 is 2.37 bits per heavy atom. The maximum atomic E-state index is 13.3. The van der Waals surface area contributed by atoms with Gasteiger partial charge in [-0.25, -0.2) is 18.1 Å². The molecule has 0 fully saturated rings. The first-order chi connectivity index (χ1) is 16.6. The molecule has 0 atom stereocenters. The van der Waals surface area contributed by atoms with Crippen molar-refractivity contribution in [3.8, 4) is 0 Å². The number of carbonyl (C=O) groups excluding carboxylic acids is 2. The van der Waals surface area contributed by atoms with Crippen molar-refractivity contribution in [1.82, 2.24) is 14.3 Å². The number of carbonyl (C=O) groups is 2. The predicted molar refractivity (Wildman–Crippen MR) is 132 cm³/mol. The van der Waals surface area contributed by atoms with Crippen LogP contribution in [0.25, 0.3) is 11.0 Å². The molecule has 2 aromatic carbocycles. The van der Waals surface area contributed by atoms with Crippen LogP contribution in [-0.2, 0) is 21.4 Å². The molecule has 0 bridgehead atoms. The van der Waals surface area contributed by atoms with Gasteiger partial charge in [0.1, 0.15) is 11.2 Å². The lowest BCUT2D eigenvalue weighted by atomic mass is 10.1. The number of sulfonamides is 1. The van der Waals surface area contributed by atoms with Gasteiger partial charge in [-0.3, -0.25) is 19.0 Å². The van der Waals surface area contributed by atoms with Gasteiger partial charge in [-0.15, -0.1) is 0 Å². The Labute approximate surface area is 205 Å². The summed E-state index contributed by atoms with van der Waals surface area (Å²) in [5.41, 5.74) is 0.864. The van der Waals surface area contributed by atoms with Gasteiger partial charge in [0.2, 0.25) is 5.91 Å². The first-order valence-electron chi connectivity index (χ1n) is 10.3. The zero-order valence-corrected chi connectivity index (χ0v) is 19.9. The van der Waals surface area contributed by atoms with Crippen LogP contribution in [0.3, 0.4) is 0 Å². The number of halogens is 1. The second-order valence-corrected chi connectivity index (χ2v) is 9.75. The number of hydrogen-bond donors (Lipinski definition) is 2. The average molecular weight is 511 g/mol. The van der Waals surface area contributed by atoms with E-state index in [0.717, 1.165) is 12.5 Å². The van der Waals surface area contributed by atoms with E-state index in [0.29, 0.717) is 16.1 Å². The minimum absolute atomic E-state index is 0.102. The molecular formula is C24H19ClN4O5S. The summed E-state index contributed by atoms with van der Waals surface area (Å²) >= 11 is 5.96. The normalized spacial score (nSPS) is 11.3. The van der Waals surface area contributed by atoms with Gasteiger partial charge in [-0.2, -0.15) is 0 Å². The highest BCUT2D eigenvalue weighted by Gasteiger charge is 2.18. The summed E-state index contributed by atoms with van der Waals surface area (Å²) in [5, 5.41) is 3.77. The Kier molecular flexibility index (Phi) is 6.68. The van der Waals surface area contributed by atoms with Crippen molar-refractivity contribution in [2.75, 3.05) is 5.32 Å². The lowest BCUT2D eigenvalue weighted by Gasteiger charge is -2.13. The number of nitrogens with zero attached hydrogens (tertiary/aromatic N) is 2. The van der Waals surface area contributed by atoms with Crippen molar-refractivity contribution in [2.45, 2.75) is 18.4 Å². The molecule has 0 aliphatic carbocycles. The molecule has 4 rings (SSSR count). The third-order valence-electron chi connectivity index (χ3n) is 5.05. The number of pyridine rings is 2. The summed E-state index contributed by atoms with van der Waals surface area (Å²) in [6.45, 7) is 1.27. The maximum Gasteiger partial charge on any atom is 0.265 e. The molecule has 2 aromatic heterocycles. The van der Waals surface area contributed by atoms with Gasteiger partial charge in [0.05, 0.1) is 11.4 Å². The monoisotopic (exact) mass is 510 g/mol. The van der Waals surface area contributed by atoms with E-state index in [1.54, 1.807) is 42.6 Å². The van der Waals surface area contributed by atoms with Crippen LogP contribution in [0.4, 0.5) is 5.69 Å². The fourth-order valence-corrected chi connectivity index (χ4v) is 4.57. The summed E-state index contributed by atoms with van der Waals surface area (Å²) in [6.07, 6.45) is 1.57. The van der Waals surface area contributed by atoms with E-state index < -0.39 is 27.4 Å². The summed E-state index contributed by atoms with van der Waals surface area (Å²) in [5.74, 6) is -1.38. The Balaban J connectivity index is 1.66. The highest BCUT2D eigenvalue weighted by Crippen LogP contribution is 2.17. The molecule has 0 spiro atoms. The number of hydrogen-bond acceptors (Lipinski definition) is 6. The fourth-order valence-electron chi connectivity index (χ4n) is 3.45. The summed E-state index contributed by atoms with van der Waals surface area (Å²) < 4.78 is 27.5. The highest BCUT2D eigenvalue weighted by atomic mass is 35.5. The van der Waals surface area contributed by atoms with E-state index in [2.05, 4.69) is 10.3 Å². The molecule has 2 N–H and O–H groups in total. The Hall–Kier alpha value is -4.02. The standard InChI is InChI=1S/C24H19ClN4O5S/c1-15(30)28-35(33,34)20-10-8-19(9-11-20)27-23(31)21-13-17-3-2-12-26-22(17)29(24(21)32)14-16-4-6-18(25)7-5-16/h2-13H,14H2,1H3,(H,27,31)(H,28,30). The highest BCUT2D eigenvalue weighted by molar-refractivity contribution is 7.90. The molecule has 2 heterocycles. The van der Waals surface area contributed by atoms with Gasteiger partial charge in [0, 0.05) is 29.2 Å². The predicted octanol–water partition coefficient (Wildman–Crippen LogP) is 3.18. The molecule has 178 valence electrons. The molecule has 9 nitrogen and oxygen atoms in total. The Morgan fingerprint density at radius 2 is 1.71 bits per heavy atom. The van der Waals surface area contributed by atoms with Gasteiger partial charge in [0.15, 0.2) is 0 Å². The number of fused-ring (bicyclic) bond motifs is 1. The molecule has 0 aliphatic heterocycles. The summed E-state index contributed by atoms with van der Waals surface area (Å²) in [4.78, 5) is 41.6. The number of amides is 2. The van der Waals surface area contributed by atoms with Crippen molar-refractivity contribution >= 4 is 50.2 Å². The summed E-state index contributed by atoms with van der Waals surface area (Å²) in [6, 6.07) is 17.1. The van der Waals surface area contributed by atoms with E-state index >= 15 is 0 Å². The minimum atomic E-state index is -4.01. The average Bonchev–Trinajstić information content (AvgIpc) is 2.81. The number of rotatable bonds is 6. The van der Waals surface area contributed by atoms with E-state index in [-0.39, 0.29) is 22.7 Å². The SMILES string of the molecule is CC(=O)NS(=O)(=O)c1ccc(NC(=O)c2cc3cccnc3n(Cc3ccc(Cl)cc3)c2=O)cc1. The zero-order valence-electron chi connectivity index (χ0n) is 18.4. The molecule has 35 heavy (non-hydrogen) atoms. The smallest absolute Gasteiger partial charge is 0.265 e. The second-order valence-electron chi connectivity index (χ2n) is 7.63. The van der Waals surface area contributed by atoms with Gasteiger partial charge < -0.3 is 5.32 Å². The van der Waals surface area contributed by atoms with Crippen molar-refractivity contribution < 1.29 is 18.0 Å². The van der Waals surface area contributed by atoms with Crippen molar-refractivity contribution in [3.05, 3.63) is 99.4 Å². The molecule has 11 heteroatoms. The fraction of sp³-hybridized carbons (Fsp3) is 0.0833. The van der Waals surface area contributed by atoms with Crippen LogP contribution in [-0.4, -0.2) is 29.8 Å². The lowest BCUT2D eigenvalue weighted by molar-refractivity contribution is -0.117. The molecular weight excluding hydrogens is 492 g/mol. The zero-order chi connectivity index (χ0) is 25.2. The Bertz CT molecular complexity index is 1600. The molecule has 4 aromatic rings. The maximum absolute atomic E-state index is 13.3. The quantitative estimate of drug-likeness (QED) is 0.410. The van der Waals surface area contributed by atoms with Gasteiger partial charge in [0.25, 0.3) is 21.5 Å². The lowest BCUT2D eigenvalue weighted by Crippen LogP contribution is -2.30. The number of anilines is 1. The molecule has 0 saturated carbocycles. The first kappa shape index (κ1) is 24.1. The van der Waals surface area contributed by atoms with Crippen LogP contribution >= 0.6 is 11.6 Å². The van der Waals surface area contributed by atoms with Crippen LogP contribution in [0.5, 0.6) is 0 Å². The van der Waals surface area contributed by atoms with E-state index in [1.165, 1.54) is 34.9 Å². The van der Waals surface area contributed by atoms with Crippen molar-refractivity contribution in [1.29, 1.82) is 0 Å². The Morgan fingerprint density at radius 1 is 1.03 bits per heavy atom. The number of nitrogens with one attached hydrogen (secondary N) is 2. The van der Waals surface area contributed by atoms with E-state index in [4.69, 9.17) is 11.6 Å². The van der Waals surface area contributed by atoms with Gasteiger partial charge in [-0.05, 0) is 60.2 Å². The van der Waals surface area contributed by atoms with E-state index in [9.17, 15) is 22.8 Å². The molecule has 0 saturated heterocycles. The van der Waals surface area contributed by atoms with Crippen LogP contribution in [0, 0.1) is 0 Å². The molecule has 0 aliphatic rings. The van der Waals surface area contributed by atoms with Gasteiger partial charge >= 0.3 is 0 Å². The van der Waals surface area contributed by atoms with Gasteiger partial charge in [-0.1, -0.05) is 23.7 Å². The van der Waals surface area contributed by atoms with Crippen LogP contribution in [0.1, 0.15) is 22.8 Å². The minimum Gasteiger partial charge on any atom is -0.322 e. The first-order valence-corrected chi connectivity index (χ1v) is 12.2. The second kappa shape index (κ2) is 9.69. The topological polar surface area (TPSA) is 127 Å². The molecule has 2 amide bonds. The van der Waals surface area contributed by atoms with Crippen LogP contribution in [0.2, 0.25) is 5.02 Å².